The van der Waals surface area contributed by atoms with Gasteiger partial charge in [-0.3, -0.25) is 14.6 Å². The molecule has 0 aromatic heterocycles. The molecule has 27 heavy (non-hydrogen) atoms. The summed E-state index contributed by atoms with van der Waals surface area (Å²) in [6.45, 7) is 4.87. The summed E-state index contributed by atoms with van der Waals surface area (Å²) >= 11 is 0.470. The second-order valence-electron chi connectivity index (χ2n) is 6.14. The van der Waals surface area contributed by atoms with Crippen LogP contribution in [0.15, 0.2) is 0 Å². The van der Waals surface area contributed by atoms with Crippen LogP contribution in [0.25, 0.3) is 0 Å². The van der Waals surface area contributed by atoms with E-state index in [4.69, 9.17) is 9.47 Å². The van der Waals surface area contributed by atoms with Gasteiger partial charge in [0, 0.05) is 12.0 Å². The molecule has 9 heteroatoms. The second-order valence-corrected chi connectivity index (χ2v) is 7.04. The number of rotatable bonds is 18. The van der Waals surface area contributed by atoms with Crippen molar-refractivity contribution in [2.24, 2.45) is 0 Å². The Labute approximate surface area is 189 Å². The fourth-order valence-corrected chi connectivity index (χ4v) is 2.77. The van der Waals surface area contributed by atoms with Crippen LogP contribution in [0.2, 0.25) is 0 Å². The summed E-state index contributed by atoms with van der Waals surface area (Å²) < 4.78 is 14.5. The van der Waals surface area contributed by atoms with Gasteiger partial charge in [0.2, 0.25) is 0 Å². The summed E-state index contributed by atoms with van der Waals surface area (Å²) in [5.74, 6) is -1.13. The van der Waals surface area contributed by atoms with Gasteiger partial charge in [-0.2, -0.15) is 4.33 Å². The van der Waals surface area contributed by atoms with Crippen LogP contribution in [0.5, 0.6) is 0 Å². The quantitative estimate of drug-likeness (QED) is 0.0803. The monoisotopic (exact) mass is 416 g/mol. The first-order valence-electron chi connectivity index (χ1n) is 9.59. The summed E-state index contributed by atoms with van der Waals surface area (Å²) in [6, 6.07) is 0. The summed E-state index contributed by atoms with van der Waals surface area (Å²) in [7, 11) is 0. The SMILES string of the molecule is CCCCCCCOC(=O)CC(SOO[O-])C(=O)OCCCCCCC.[Na+]. The standard InChI is InChI=1S/C18H34O7S.Na/c1-3-5-7-9-11-13-22-17(19)15-16(26-25-24-21)18(20)23-14-12-10-8-6-4-2;/h16,21H,3-15H2,1-2H3;/q;+1/p-1. The Hall–Kier alpha value is 0.170. The van der Waals surface area contributed by atoms with E-state index < -0.39 is 17.2 Å². The molecule has 0 aliphatic carbocycles. The maximum Gasteiger partial charge on any atom is 1.00 e. The van der Waals surface area contributed by atoms with Crippen LogP contribution in [-0.2, 0) is 28.4 Å². The smallest absolute Gasteiger partial charge is 0.691 e. The Bertz CT molecular complexity index is 359. The van der Waals surface area contributed by atoms with E-state index in [-0.39, 0.29) is 42.6 Å². The van der Waals surface area contributed by atoms with E-state index in [0.29, 0.717) is 18.6 Å². The third-order valence-corrected chi connectivity index (χ3v) is 4.53. The molecule has 0 saturated carbocycles. The molecule has 0 spiro atoms. The zero-order chi connectivity index (χ0) is 19.5. The van der Waals surface area contributed by atoms with Crippen molar-refractivity contribution in [1.29, 1.82) is 0 Å². The van der Waals surface area contributed by atoms with Crippen molar-refractivity contribution in [1.82, 2.24) is 0 Å². The Morgan fingerprint density at radius 2 is 1.37 bits per heavy atom. The topological polar surface area (TPSA) is 94.1 Å². The molecule has 0 aliphatic heterocycles. The minimum atomic E-state index is -0.979. The molecule has 0 aromatic carbocycles. The van der Waals surface area contributed by atoms with Gasteiger partial charge < -0.3 is 14.7 Å². The number of carbonyl (C=O) groups excluding carboxylic acids is 2. The molecule has 0 aliphatic rings. The van der Waals surface area contributed by atoms with Crippen LogP contribution in [0.1, 0.15) is 84.5 Å². The van der Waals surface area contributed by atoms with E-state index in [1.54, 1.807) is 0 Å². The largest absolute Gasteiger partial charge is 1.00 e. The van der Waals surface area contributed by atoms with Gasteiger partial charge in [-0.25, -0.2) is 0 Å². The molecular weight excluding hydrogens is 383 g/mol. The number of hydrogen-bond acceptors (Lipinski definition) is 8. The molecule has 0 radical (unpaired) electrons. The minimum Gasteiger partial charge on any atom is -0.691 e. The molecule has 0 N–H and O–H groups in total. The van der Waals surface area contributed by atoms with Gasteiger partial charge in [0.15, 0.2) is 0 Å². The predicted molar refractivity (Wildman–Crippen MR) is 97.6 cm³/mol. The van der Waals surface area contributed by atoms with Gasteiger partial charge in [-0.1, -0.05) is 65.2 Å². The molecule has 7 nitrogen and oxygen atoms in total. The van der Waals surface area contributed by atoms with Crippen LogP contribution >= 0.6 is 12.0 Å². The van der Waals surface area contributed by atoms with Crippen LogP contribution in [-0.4, -0.2) is 30.4 Å². The van der Waals surface area contributed by atoms with Gasteiger partial charge in [-0.05, 0) is 12.8 Å². The normalized spacial score (nSPS) is 11.5. The summed E-state index contributed by atoms with van der Waals surface area (Å²) in [4.78, 5) is 23.9. The molecule has 1 atom stereocenters. The average molecular weight is 417 g/mol. The summed E-state index contributed by atoms with van der Waals surface area (Å²) in [6.07, 6.45) is 10.2. The van der Waals surface area contributed by atoms with Crippen LogP contribution < -0.4 is 34.8 Å². The Morgan fingerprint density at radius 3 is 1.89 bits per heavy atom. The molecule has 0 saturated heterocycles. The first kappa shape index (κ1) is 29.4. The molecule has 0 bridgehead atoms. The molecule has 0 aromatic rings. The van der Waals surface area contributed by atoms with Crippen LogP contribution in [0, 0.1) is 0 Å². The average Bonchev–Trinajstić information content (AvgIpc) is 2.64. The molecule has 0 heterocycles. The number of hydrogen-bond donors (Lipinski definition) is 0. The number of unbranched alkanes of at least 4 members (excludes halogenated alkanes) is 8. The third-order valence-electron chi connectivity index (χ3n) is 3.80. The van der Waals surface area contributed by atoms with Crippen molar-refractivity contribution in [2.45, 2.75) is 89.7 Å². The van der Waals surface area contributed by atoms with E-state index in [1.807, 2.05) is 0 Å². The van der Waals surface area contributed by atoms with E-state index in [0.717, 1.165) is 57.8 Å². The van der Waals surface area contributed by atoms with Crippen molar-refractivity contribution in [3.8, 4) is 0 Å². The van der Waals surface area contributed by atoms with Gasteiger partial charge in [0.25, 0.3) is 0 Å². The predicted octanol–water partition coefficient (Wildman–Crippen LogP) is 0.648. The number of ether oxygens (including phenoxy) is 2. The van der Waals surface area contributed by atoms with Gasteiger partial charge in [0.05, 0.1) is 19.6 Å². The minimum absolute atomic E-state index is 0. The molecule has 0 rings (SSSR count). The fourth-order valence-electron chi connectivity index (χ4n) is 2.29. The van der Waals surface area contributed by atoms with E-state index >= 15 is 0 Å². The van der Waals surface area contributed by atoms with E-state index in [1.165, 1.54) is 6.42 Å². The van der Waals surface area contributed by atoms with Crippen molar-refractivity contribution in [3.63, 3.8) is 0 Å². The number of esters is 2. The summed E-state index contributed by atoms with van der Waals surface area (Å²) in [5, 5.41) is 12.3. The van der Waals surface area contributed by atoms with Crippen molar-refractivity contribution < 1.29 is 63.2 Å². The summed E-state index contributed by atoms with van der Waals surface area (Å²) in [5.41, 5.74) is 0. The third kappa shape index (κ3) is 19.3. The van der Waals surface area contributed by atoms with Crippen LogP contribution in [0.3, 0.4) is 0 Å². The van der Waals surface area contributed by atoms with Gasteiger partial charge in [-0.15, -0.1) is 0 Å². The molecular formula is C18H33NaO7S. The Morgan fingerprint density at radius 1 is 0.852 bits per heavy atom. The van der Waals surface area contributed by atoms with Crippen molar-refractivity contribution in [2.75, 3.05) is 13.2 Å². The first-order chi connectivity index (χ1) is 12.7. The zero-order valence-electron chi connectivity index (χ0n) is 17.0. The number of carbonyl (C=O) groups is 2. The maximum atomic E-state index is 12.0. The van der Waals surface area contributed by atoms with E-state index in [9.17, 15) is 14.8 Å². The van der Waals surface area contributed by atoms with Crippen LogP contribution in [0.4, 0.5) is 0 Å². The van der Waals surface area contributed by atoms with Gasteiger partial charge >= 0.3 is 41.5 Å². The Kier molecular flexibility index (Phi) is 24.4. The van der Waals surface area contributed by atoms with Crippen molar-refractivity contribution in [3.05, 3.63) is 0 Å². The van der Waals surface area contributed by atoms with Crippen molar-refractivity contribution >= 4 is 24.0 Å². The first-order valence-corrected chi connectivity index (χ1v) is 10.4. The molecule has 154 valence electrons. The van der Waals surface area contributed by atoms with Gasteiger partial charge in [0.1, 0.15) is 5.25 Å². The second kappa shape index (κ2) is 22.5. The molecule has 0 fully saturated rings. The Balaban J connectivity index is 0. The zero-order valence-corrected chi connectivity index (χ0v) is 19.9. The van der Waals surface area contributed by atoms with E-state index in [2.05, 4.69) is 23.2 Å². The fraction of sp³-hybridized carbons (Fsp3) is 0.889. The molecule has 1 unspecified atom stereocenters. The molecule has 0 amide bonds. The maximum absolute atomic E-state index is 12.0.